The maximum Gasteiger partial charge on any atom is 0.336 e. The second-order valence-electron chi connectivity index (χ2n) is 7.74. The zero-order chi connectivity index (χ0) is 21.9. The third kappa shape index (κ3) is 2.89. The van der Waals surface area contributed by atoms with Crippen molar-refractivity contribution in [1.82, 2.24) is 4.57 Å². The van der Waals surface area contributed by atoms with Crippen molar-refractivity contribution in [1.29, 1.82) is 0 Å². The number of carbonyl (C=O) groups is 1. The first-order valence-electron chi connectivity index (χ1n) is 10.2. The molecule has 0 aliphatic carbocycles. The maximum atomic E-state index is 14.2. The predicted octanol–water partition coefficient (Wildman–Crippen LogP) is 4.60. The van der Waals surface area contributed by atoms with Crippen LogP contribution in [-0.2, 0) is 16.1 Å². The molecular formula is C24H20ClFN2O3. The van der Waals surface area contributed by atoms with E-state index in [0.717, 1.165) is 11.3 Å². The van der Waals surface area contributed by atoms with Crippen LogP contribution in [-0.4, -0.2) is 23.7 Å². The molecule has 0 fully saturated rings. The lowest BCUT2D eigenvalue weighted by atomic mass is 9.80. The third-order valence-electron chi connectivity index (χ3n) is 6.09. The van der Waals surface area contributed by atoms with Crippen LogP contribution in [0.1, 0.15) is 30.9 Å². The van der Waals surface area contributed by atoms with Crippen molar-refractivity contribution < 1.29 is 13.9 Å². The second kappa shape index (κ2) is 7.24. The Balaban J connectivity index is 1.90. The van der Waals surface area contributed by atoms with Crippen LogP contribution in [0, 0.1) is 5.82 Å². The highest BCUT2D eigenvalue weighted by atomic mass is 35.5. The van der Waals surface area contributed by atoms with E-state index in [2.05, 4.69) is 4.57 Å². The van der Waals surface area contributed by atoms with Gasteiger partial charge in [-0.2, -0.15) is 0 Å². The lowest BCUT2D eigenvalue weighted by Gasteiger charge is -2.34. The molecule has 2 aliphatic rings. The summed E-state index contributed by atoms with van der Waals surface area (Å²) in [5.74, 6) is -0.906. The fourth-order valence-electron chi connectivity index (χ4n) is 4.83. The average Bonchev–Trinajstić information content (AvgIpc) is 3.18. The van der Waals surface area contributed by atoms with E-state index in [9.17, 15) is 14.0 Å². The quantitative estimate of drug-likeness (QED) is 0.561. The highest BCUT2D eigenvalue weighted by Gasteiger charge is 2.42. The minimum Gasteiger partial charge on any atom is -0.463 e. The van der Waals surface area contributed by atoms with E-state index < -0.39 is 17.7 Å². The Morgan fingerprint density at radius 1 is 1.23 bits per heavy atom. The van der Waals surface area contributed by atoms with Gasteiger partial charge in [-0.05, 0) is 49.7 Å². The fraction of sp³-hybridized carbons (Fsp3) is 0.250. The summed E-state index contributed by atoms with van der Waals surface area (Å²) in [6.07, 6.45) is 0. The molecule has 5 nitrogen and oxygen atoms in total. The molecule has 3 aromatic rings. The topological polar surface area (TPSA) is 51.5 Å². The van der Waals surface area contributed by atoms with E-state index in [-0.39, 0.29) is 12.0 Å². The number of rotatable bonds is 3. The summed E-state index contributed by atoms with van der Waals surface area (Å²) >= 11 is 6.23. The summed E-state index contributed by atoms with van der Waals surface area (Å²) < 4.78 is 21.6. The Hall–Kier alpha value is -3.12. The van der Waals surface area contributed by atoms with Gasteiger partial charge in [-0.15, -0.1) is 0 Å². The Morgan fingerprint density at radius 2 is 2.03 bits per heavy atom. The summed E-state index contributed by atoms with van der Waals surface area (Å²) in [5, 5.41) is 1.07. The van der Waals surface area contributed by atoms with Crippen molar-refractivity contribution in [2.24, 2.45) is 0 Å². The van der Waals surface area contributed by atoms with Gasteiger partial charge in [0.25, 0.3) is 0 Å². The largest absolute Gasteiger partial charge is 0.463 e. The van der Waals surface area contributed by atoms with Gasteiger partial charge in [-0.25, -0.2) is 9.18 Å². The number of pyridine rings is 1. The minimum atomic E-state index is -0.724. The summed E-state index contributed by atoms with van der Waals surface area (Å²) in [4.78, 5) is 28.8. The number of benzene rings is 2. The van der Waals surface area contributed by atoms with Crippen molar-refractivity contribution in [3.8, 4) is 0 Å². The fourth-order valence-corrected chi connectivity index (χ4v) is 5.00. The van der Waals surface area contributed by atoms with Gasteiger partial charge in [0.2, 0.25) is 0 Å². The first kappa shape index (κ1) is 19.8. The molecule has 0 bridgehead atoms. The Bertz CT molecular complexity index is 1340. The van der Waals surface area contributed by atoms with Gasteiger partial charge in [-0.3, -0.25) is 4.79 Å². The molecule has 5 rings (SSSR count). The molecule has 31 heavy (non-hydrogen) atoms. The average molecular weight is 439 g/mol. The zero-order valence-electron chi connectivity index (χ0n) is 17.1. The molecule has 2 aliphatic heterocycles. The number of halogens is 2. The van der Waals surface area contributed by atoms with Gasteiger partial charge in [0.15, 0.2) is 5.43 Å². The van der Waals surface area contributed by atoms with E-state index in [1.165, 1.54) is 12.1 Å². The molecule has 0 spiro atoms. The number of allylic oxidation sites excluding steroid dienone is 1. The highest BCUT2D eigenvalue weighted by Crippen LogP contribution is 2.46. The van der Waals surface area contributed by atoms with E-state index in [1.54, 1.807) is 37.3 Å². The molecule has 158 valence electrons. The number of anilines is 1. The van der Waals surface area contributed by atoms with Crippen LogP contribution in [0.25, 0.3) is 10.9 Å². The SMILES string of the molecule is CCOC(=O)C1=C(C)N2CCn3c2c(c(=O)c2ccc(Cl)cc23)C1c1cccc(F)c1. The van der Waals surface area contributed by atoms with Crippen molar-refractivity contribution in [3.05, 3.63) is 85.9 Å². The second-order valence-corrected chi connectivity index (χ2v) is 8.18. The van der Waals surface area contributed by atoms with Crippen LogP contribution in [0.5, 0.6) is 0 Å². The molecule has 2 aromatic carbocycles. The molecule has 1 unspecified atom stereocenters. The van der Waals surface area contributed by atoms with Crippen LogP contribution in [0.4, 0.5) is 10.2 Å². The summed E-state index contributed by atoms with van der Waals surface area (Å²) in [7, 11) is 0. The van der Waals surface area contributed by atoms with E-state index in [0.29, 0.717) is 45.9 Å². The number of hydrogen-bond donors (Lipinski definition) is 0. The molecule has 7 heteroatoms. The predicted molar refractivity (Wildman–Crippen MR) is 118 cm³/mol. The lowest BCUT2D eigenvalue weighted by molar-refractivity contribution is -0.138. The molecule has 1 aromatic heterocycles. The number of ether oxygens (including phenoxy) is 1. The Labute approximate surface area is 183 Å². The van der Waals surface area contributed by atoms with E-state index in [1.807, 2.05) is 11.8 Å². The normalized spacial score (nSPS) is 17.3. The highest BCUT2D eigenvalue weighted by molar-refractivity contribution is 6.31. The van der Waals surface area contributed by atoms with Gasteiger partial charge in [0.05, 0.1) is 29.2 Å². The summed E-state index contributed by atoms with van der Waals surface area (Å²) in [6, 6.07) is 11.2. The molecule has 3 heterocycles. The van der Waals surface area contributed by atoms with Gasteiger partial charge in [0.1, 0.15) is 11.6 Å². The molecular weight excluding hydrogens is 419 g/mol. The molecule has 0 saturated heterocycles. The van der Waals surface area contributed by atoms with Crippen molar-refractivity contribution in [2.75, 3.05) is 18.1 Å². The van der Waals surface area contributed by atoms with Crippen LogP contribution in [0.3, 0.4) is 0 Å². The minimum absolute atomic E-state index is 0.187. The number of aromatic nitrogens is 1. The van der Waals surface area contributed by atoms with Crippen molar-refractivity contribution in [2.45, 2.75) is 26.3 Å². The zero-order valence-corrected chi connectivity index (χ0v) is 17.9. The smallest absolute Gasteiger partial charge is 0.336 e. The molecule has 1 atom stereocenters. The van der Waals surface area contributed by atoms with Crippen molar-refractivity contribution in [3.63, 3.8) is 0 Å². The summed E-state index contributed by atoms with van der Waals surface area (Å²) in [6.45, 7) is 5.05. The number of esters is 1. The first-order chi connectivity index (χ1) is 14.9. The van der Waals surface area contributed by atoms with Gasteiger partial charge < -0.3 is 14.2 Å². The molecule has 0 amide bonds. The number of carbonyl (C=O) groups excluding carboxylic acids is 1. The number of fused-ring (bicyclic) bond motifs is 2. The third-order valence-corrected chi connectivity index (χ3v) is 6.32. The molecule has 0 radical (unpaired) electrons. The Morgan fingerprint density at radius 3 is 2.77 bits per heavy atom. The van der Waals surface area contributed by atoms with Gasteiger partial charge in [-0.1, -0.05) is 23.7 Å². The maximum absolute atomic E-state index is 14.2. The molecule has 0 N–H and O–H groups in total. The van der Waals surface area contributed by atoms with Crippen LogP contribution < -0.4 is 10.3 Å². The van der Waals surface area contributed by atoms with E-state index in [4.69, 9.17) is 16.3 Å². The van der Waals surface area contributed by atoms with Crippen LogP contribution in [0.15, 0.2) is 58.5 Å². The van der Waals surface area contributed by atoms with Crippen LogP contribution >= 0.6 is 11.6 Å². The van der Waals surface area contributed by atoms with Gasteiger partial charge in [0, 0.05) is 29.2 Å². The molecule has 0 saturated carbocycles. The summed E-state index contributed by atoms with van der Waals surface area (Å²) in [5.41, 5.74) is 2.66. The van der Waals surface area contributed by atoms with E-state index >= 15 is 0 Å². The monoisotopic (exact) mass is 438 g/mol. The number of hydrogen-bond acceptors (Lipinski definition) is 4. The van der Waals surface area contributed by atoms with Gasteiger partial charge >= 0.3 is 5.97 Å². The van der Waals surface area contributed by atoms with Crippen molar-refractivity contribution >= 4 is 34.3 Å². The Kier molecular flexibility index (Phi) is 4.63. The first-order valence-corrected chi connectivity index (χ1v) is 10.6. The standard InChI is InChI=1S/C24H20ClFN2O3/c1-3-31-24(30)19-13(2)27-9-10-28-18-12-15(25)7-8-17(18)22(29)21(23(27)28)20(19)14-5-4-6-16(26)11-14/h4-8,11-12,20H,3,9-10H2,1-2H3. The lowest BCUT2D eigenvalue weighted by Crippen LogP contribution is -2.35. The van der Waals surface area contributed by atoms with Crippen LogP contribution in [0.2, 0.25) is 5.02 Å². The number of nitrogens with zero attached hydrogens (tertiary/aromatic N) is 2.